The molecule has 3 aromatic rings. The highest BCUT2D eigenvalue weighted by atomic mass is 35.5. The third kappa shape index (κ3) is 5.53. The molecule has 3 fully saturated rings. The Labute approximate surface area is 274 Å². The van der Waals surface area contributed by atoms with Crippen LogP contribution in [0.2, 0.25) is 0 Å². The van der Waals surface area contributed by atoms with E-state index < -0.39 is 11.3 Å². The van der Waals surface area contributed by atoms with Crippen LogP contribution in [0.25, 0.3) is 10.9 Å². The van der Waals surface area contributed by atoms with Crippen LogP contribution in [-0.4, -0.2) is 95.4 Å². The van der Waals surface area contributed by atoms with E-state index in [4.69, 9.17) is 14.7 Å². The molecule has 1 unspecified atom stereocenters. The molecule has 246 valence electrons. The number of benzene rings is 2. The SMILES string of the molecule is CN1C(=O)N2Cc3c(c4cc(OCCN5CCOCC5)ccc4n3Cc3ccc(C(=O)NO)cc3)C(C3CCCCC3)(C2)C1=O.Cl. The van der Waals surface area contributed by atoms with Crippen molar-refractivity contribution in [1.29, 1.82) is 0 Å². The summed E-state index contributed by atoms with van der Waals surface area (Å²) in [5.74, 6) is 0.234. The van der Waals surface area contributed by atoms with Crippen molar-refractivity contribution >= 4 is 41.2 Å². The summed E-state index contributed by atoms with van der Waals surface area (Å²) < 4.78 is 14.0. The van der Waals surface area contributed by atoms with Crippen LogP contribution in [-0.2, 0) is 28.0 Å². The molecule has 0 spiro atoms. The Kier molecular flexibility index (Phi) is 9.29. The van der Waals surface area contributed by atoms with Gasteiger partial charge < -0.3 is 18.9 Å². The molecule has 1 aromatic heterocycles. The lowest BCUT2D eigenvalue weighted by atomic mass is 9.61. The van der Waals surface area contributed by atoms with E-state index in [9.17, 15) is 14.4 Å². The number of ether oxygens (including phenoxy) is 2. The number of nitrogens with one attached hydrogen (secondary N) is 1. The molecule has 11 nitrogen and oxygen atoms in total. The average molecular weight is 652 g/mol. The molecule has 46 heavy (non-hydrogen) atoms. The fourth-order valence-electron chi connectivity index (χ4n) is 8.07. The number of imide groups is 1. The molecule has 0 radical (unpaired) electrons. The number of urea groups is 1. The summed E-state index contributed by atoms with van der Waals surface area (Å²) >= 11 is 0. The molecule has 12 heteroatoms. The number of carbonyl (C=O) groups is 3. The van der Waals surface area contributed by atoms with Gasteiger partial charge in [0.1, 0.15) is 12.4 Å². The topological polar surface area (TPSA) is 117 Å². The zero-order valence-corrected chi connectivity index (χ0v) is 27.0. The molecular formula is C34H42ClN5O6. The molecule has 4 amide bonds. The summed E-state index contributed by atoms with van der Waals surface area (Å²) in [6, 6.07) is 13.0. The number of morpholine rings is 1. The largest absolute Gasteiger partial charge is 0.492 e. The van der Waals surface area contributed by atoms with E-state index in [0.717, 1.165) is 92.0 Å². The molecule has 1 aliphatic carbocycles. The minimum atomic E-state index is -0.824. The number of likely N-dealkylation sites (N-methyl/N-ethyl adjacent to an activating group) is 1. The van der Waals surface area contributed by atoms with E-state index in [2.05, 4.69) is 21.6 Å². The molecule has 2 aromatic carbocycles. The van der Waals surface area contributed by atoms with Crippen molar-refractivity contribution in [2.75, 3.05) is 53.0 Å². The second-order valence-electron chi connectivity index (χ2n) is 12.8. The number of amides is 4. The lowest BCUT2D eigenvalue weighted by molar-refractivity contribution is -0.142. The Bertz CT molecular complexity index is 1610. The Morgan fingerprint density at radius 1 is 1.07 bits per heavy atom. The van der Waals surface area contributed by atoms with Gasteiger partial charge in [0.15, 0.2) is 0 Å². The first-order chi connectivity index (χ1) is 21.9. The number of hydroxylamine groups is 1. The standard InChI is InChI=1S/C34H41N5O6.ClH/c1-36-32(41)34(25-5-3-2-4-6-25)22-38(33(36)42)21-29-30(34)27-19-26(45-18-15-37-13-16-44-17-14-37)11-12-28(27)39(29)20-23-7-9-24(10-8-23)31(40)35-43;/h7-12,19,25,43H,2-6,13-18,20-22H2,1H3,(H,35,40);1H. The average Bonchev–Trinajstić information content (AvgIpc) is 3.39. The van der Waals surface area contributed by atoms with Gasteiger partial charge >= 0.3 is 6.03 Å². The highest BCUT2D eigenvalue weighted by Crippen LogP contribution is 2.52. The number of nitrogens with zero attached hydrogens (tertiary/aromatic N) is 4. The van der Waals surface area contributed by atoms with Crippen LogP contribution in [0.4, 0.5) is 4.79 Å². The van der Waals surface area contributed by atoms with E-state index in [1.54, 1.807) is 24.7 Å². The third-order valence-electron chi connectivity index (χ3n) is 10.4. The van der Waals surface area contributed by atoms with Gasteiger partial charge in [0.05, 0.1) is 25.2 Å². The Hall–Kier alpha value is -3.64. The molecule has 2 bridgehead atoms. The van der Waals surface area contributed by atoms with E-state index in [1.165, 1.54) is 11.3 Å². The van der Waals surface area contributed by atoms with Crippen LogP contribution in [0, 0.1) is 5.92 Å². The summed E-state index contributed by atoms with van der Waals surface area (Å²) in [6.45, 7) is 5.97. The molecule has 3 aliphatic heterocycles. The number of hydrogen-bond acceptors (Lipinski definition) is 7. The number of fused-ring (bicyclic) bond motifs is 6. The fraction of sp³-hybridized carbons (Fsp3) is 0.500. The van der Waals surface area contributed by atoms with Gasteiger partial charge in [0.25, 0.3) is 5.91 Å². The van der Waals surface area contributed by atoms with Crippen LogP contribution in [0.3, 0.4) is 0 Å². The monoisotopic (exact) mass is 651 g/mol. The maximum atomic E-state index is 14.5. The van der Waals surface area contributed by atoms with Crippen molar-refractivity contribution in [2.45, 2.75) is 50.6 Å². The highest BCUT2D eigenvalue weighted by Gasteiger charge is 2.59. The highest BCUT2D eigenvalue weighted by molar-refractivity contribution is 6.07. The molecule has 2 N–H and O–H groups in total. The molecule has 4 heterocycles. The Balaban J connectivity index is 0.00000372. The number of aromatic nitrogens is 1. The van der Waals surface area contributed by atoms with Crippen molar-refractivity contribution in [1.82, 2.24) is 24.7 Å². The second-order valence-corrected chi connectivity index (χ2v) is 12.8. The van der Waals surface area contributed by atoms with Gasteiger partial charge in [-0.25, -0.2) is 10.3 Å². The van der Waals surface area contributed by atoms with Gasteiger partial charge in [0.2, 0.25) is 5.91 Å². The lowest BCUT2D eigenvalue weighted by Gasteiger charge is -2.53. The molecular weight excluding hydrogens is 610 g/mol. The van der Waals surface area contributed by atoms with Gasteiger partial charge in [-0.15, -0.1) is 12.4 Å². The molecule has 1 atom stereocenters. The summed E-state index contributed by atoms with van der Waals surface area (Å²) in [5.41, 5.74) is 5.19. The number of halogens is 1. The first-order valence-corrected chi connectivity index (χ1v) is 16.1. The quantitative estimate of drug-likeness (QED) is 0.278. The van der Waals surface area contributed by atoms with Gasteiger partial charge in [-0.1, -0.05) is 31.4 Å². The maximum absolute atomic E-state index is 14.5. The van der Waals surface area contributed by atoms with Crippen molar-refractivity contribution in [3.05, 3.63) is 64.8 Å². The minimum absolute atomic E-state index is 0. The number of carbonyl (C=O) groups excluding carboxylic acids is 3. The molecule has 7 rings (SSSR count). The van der Waals surface area contributed by atoms with Crippen molar-refractivity contribution in [3.8, 4) is 5.75 Å². The molecule has 2 saturated heterocycles. The number of rotatable bonds is 8. The van der Waals surface area contributed by atoms with Gasteiger partial charge in [-0.05, 0) is 54.7 Å². The van der Waals surface area contributed by atoms with Crippen LogP contribution >= 0.6 is 12.4 Å². The van der Waals surface area contributed by atoms with Crippen LogP contribution in [0.15, 0.2) is 42.5 Å². The van der Waals surface area contributed by atoms with E-state index in [1.807, 2.05) is 23.1 Å². The summed E-state index contributed by atoms with van der Waals surface area (Å²) in [4.78, 5) is 45.4. The van der Waals surface area contributed by atoms with E-state index in [-0.39, 0.29) is 30.3 Å². The summed E-state index contributed by atoms with van der Waals surface area (Å²) in [6.07, 6.45) is 5.24. The zero-order chi connectivity index (χ0) is 31.1. The third-order valence-corrected chi connectivity index (χ3v) is 10.4. The van der Waals surface area contributed by atoms with Gasteiger partial charge in [-0.3, -0.25) is 24.6 Å². The van der Waals surface area contributed by atoms with Crippen LogP contribution in [0.5, 0.6) is 5.75 Å². The van der Waals surface area contributed by atoms with Gasteiger partial charge in [0, 0.05) is 67.5 Å². The first-order valence-electron chi connectivity index (χ1n) is 16.1. The second kappa shape index (κ2) is 13.2. The molecule has 1 saturated carbocycles. The zero-order valence-electron chi connectivity index (χ0n) is 26.2. The first kappa shape index (κ1) is 32.3. The Morgan fingerprint density at radius 3 is 2.52 bits per heavy atom. The maximum Gasteiger partial charge on any atom is 0.326 e. The normalized spacial score (nSPS) is 22.0. The van der Waals surface area contributed by atoms with Crippen molar-refractivity contribution in [3.63, 3.8) is 0 Å². The van der Waals surface area contributed by atoms with Gasteiger partial charge in [-0.2, -0.15) is 0 Å². The van der Waals surface area contributed by atoms with E-state index in [0.29, 0.717) is 31.8 Å². The lowest BCUT2D eigenvalue weighted by Crippen LogP contribution is -2.67. The fourth-order valence-corrected chi connectivity index (χ4v) is 8.07. The minimum Gasteiger partial charge on any atom is -0.492 e. The van der Waals surface area contributed by atoms with Crippen molar-refractivity contribution in [2.24, 2.45) is 5.92 Å². The van der Waals surface area contributed by atoms with Crippen molar-refractivity contribution < 1.29 is 29.1 Å². The Morgan fingerprint density at radius 2 is 1.80 bits per heavy atom. The van der Waals surface area contributed by atoms with Crippen LogP contribution in [0.1, 0.15) is 59.3 Å². The smallest absolute Gasteiger partial charge is 0.326 e. The van der Waals surface area contributed by atoms with E-state index >= 15 is 0 Å². The molecule has 4 aliphatic rings. The number of hydrogen-bond donors (Lipinski definition) is 2. The predicted molar refractivity (Wildman–Crippen MR) is 174 cm³/mol. The predicted octanol–water partition coefficient (Wildman–Crippen LogP) is 4.17. The summed E-state index contributed by atoms with van der Waals surface area (Å²) in [7, 11) is 1.63. The van der Waals surface area contributed by atoms with Crippen LogP contribution < -0.4 is 10.2 Å². The summed E-state index contributed by atoms with van der Waals surface area (Å²) in [5, 5.41) is 10.1.